The standard InChI is InChI=1S/C71H137NO5/c1-3-5-7-9-11-13-15-17-19-21-23-28-31-35-39-43-47-51-55-59-63-69(74)68(67-73)72-70(75)64-60-56-52-48-44-40-36-32-29-26-24-25-27-30-34-38-42-46-50-54-58-62-66-77-71(76)65-61-57-53-49-45-41-37-33-22-20-18-16-14-12-10-8-6-4-2/h20,22,26,29,68-69,73-74H,3-19,21,23-25,27-28,30-67H2,1-2H3,(H,72,75)/b22-20-,29-26-. The second kappa shape index (κ2) is 66.8. The maximum absolute atomic E-state index is 12.5. The van der Waals surface area contributed by atoms with Crippen molar-refractivity contribution in [2.24, 2.45) is 0 Å². The van der Waals surface area contributed by atoms with Crippen LogP contribution in [0.15, 0.2) is 24.3 Å². The SMILES string of the molecule is CCCCCCCCC/C=C\CCCCCCCCCC(=O)OCCCCCCCCCCCCC/C=C\CCCCCCCCCC(=O)NC(CO)C(O)CCCCCCCCCCCCCCCCCCCCCC. The van der Waals surface area contributed by atoms with Crippen molar-refractivity contribution < 1.29 is 24.5 Å². The molecule has 0 rings (SSSR count). The normalized spacial score (nSPS) is 12.6. The fraction of sp³-hybridized carbons (Fsp3) is 0.915. The summed E-state index contributed by atoms with van der Waals surface area (Å²) in [5.74, 6) is -0.0300. The molecule has 0 spiro atoms. The van der Waals surface area contributed by atoms with E-state index in [0.29, 0.717) is 25.9 Å². The smallest absolute Gasteiger partial charge is 0.305 e. The van der Waals surface area contributed by atoms with Crippen LogP contribution in [0, 0.1) is 0 Å². The summed E-state index contributed by atoms with van der Waals surface area (Å²) in [6.45, 7) is 4.98. The van der Waals surface area contributed by atoms with Crippen molar-refractivity contribution in [2.75, 3.05) is 13.2 Å². The third kappa shape index (κ3) is 63.4. The first-order valence-corrected chi connectivity index (χ1v) is 35.1. The van der Waals surface area contributed by atoms with Crippen LogP contribution in [-0.4, -0.2) is 47.4 Å². The van der Waals surface area contributed by atoms with Gasteiger partial charge in [0.15, 0.2) is 0 Å². The lowest BCUT2D eigenvalue weighted by atomic mass is 10.0. The number of nitrogens with one attached hydrogen (secondary N) is 1. The molecule has 77 heavy (non-hydrogen) atoms. The molecule has 6 nitrogen and oxygen atoms in total. The molecule has 0 aromatic carbocycles. The van der Waals surface area contributed by atoms with Gasteiger partial charge in [-0.25, -0.2) is 0 Å². The minimum Gasteiger partial charge on any atom is -0.466 e. The van der Waals surface area contributed by atoms with Gasteiger partial charge in [0, 0.05) is 12.8 Å². The van der Waals surface area contributed by atoms with Crippen molar-refractivity contribution in [3.8, 4) is 0 Å². The summed E-state index contributed by atoms with van der Waals surface area (Å²) >= 11 is 0. The summed E-state index contributed by atoms with van der Waals surface area (Å²) in [5.41, 5.74) is 0. The van der Waals surface area contributed by atoms with E-state index in [9.17, 15) is 19.8 Å². The van der Waals surface area contributed by atoms with Crippen LogP contribution in [-0.2, 0) is 14.3 Å². The zero-order valence-corrected chi connectivity index (χ0v) is 52.2. The van der Waals surface area contributed by atoms with Gasteiger partial charge >= 0.3 is 5.97 Å². The Morgan fingerprint density at radius 1 is 0.351 bits per heavy atom. The van der Waals surface area contributed by atoms with Crippen LogP contribution >= 0.6 is 0 Å². The third-order valence-corrected chi connectivity index (χ3v) is 16.5. The molecule has 0 bridgehead atoms. The fourth-order valence-corrected chi connectivity index (χ4v) is 11.1. The van der Waals surface area contributed by atoms with Crippen molar-refractivity contribution in [1.29, 1.82) is 0 Å². The Morgan fingerprint density at radius 3 is 0.922 bits per heavy atom. The molecule has 0 aliphatic carbocycles. The highest BCUT2D eigenvalue weighted by molar-refractivity contribution is 5.76. The van der Waals surface area contributed by atoms with Crippen molar-refractivity contribution in [2.45, 2.75) is 405 Å². The molecule has 456 valence electrons. The van der Waals surface area contributed by atoms with Crippen molar-refractivity contribution >= 4 is 11.9 Å². The van der Waals surface area contributed by atoms with Crippen LogP contribution in [0.25, 0.3) is 0 Å². The van der Waals surface area contributed by atoms with Crippen LogP contribution in [0.1, 0.15) is 393 Å². The Morgan fingerprint density at radius 2 is 0.610 bits per heavy atom. The number of carbonyl (C=O) groups excluding carboxylic acids is 2. The average Bonchev–Trinajstić information content (AvgIpc) is 3.43. The maximum atomic E-state index is 12.5. The van der Waals surface area contributed by atoms with Crippen LogP contribution in [0.4, 0.5) is 0 Å². The first kappa shape index (κ1) is 75.3. The maximum Gasteiger partial charge on any atom is 0.305 e. The van der Waals surface area contributed by atoms with Crippen LogP contribution in [0.5, 0.6) is 0 Å². The molecule has 0 aromatic heterocycles. The number of ether oxygens (including phenoxy) is 1. The highest BCUT2D eigenvalue weighted by Crippen LogP contribution is 2.19. The van der Waals surface area contributed by atoms with Gasteiger partial charge in [0.25, 0.3) is 0 Å². The number of hydrogen-bond acceptors (Lipinski definition) is 5. The molecule has 1 amide bonds. The first-order valence-electron chi connectivity index (χ1n) is 35.1. The number of rotatable bonds is 66. The molecule has 3 N–H and O–H groups in total. The van der Waals surface area contributed by atoms with Crippen LogP contribution < -0.4 is 5.32 Å². The number of amides is 1. The monoisotopic (exact) mass is 1080 g/mol. The van der Waals surface area contributed by atoms with E-state index in [4.69, 9.17) is 4.74 Å². The highest BCUT2D eigenvalue weighted by atomic mass is 16.5. The van der Waals surface area contributed by atoms with E-state index in [1.54, 1.807) is 0 Å². The van der Waals surface area contributed by atoms with Gasteiger partial charge in [-0.15, -0.1) is 0 Å². The number of aliphatic hydroxyl groups excluding tert-OH is 2. The molecule has 0 fully saturated rings. The van der Waals surface area contributed by atoms with Crippen molar-refractivity contribution in [1.82, 2.24) is 5.32 Å². The van der Waals surface area contributed by atoms with E-state index in [2.05, 4.69) is 43.5 Å². The lowest BCUT2D eigenvalue weighted by Crippen LogP contribution is -2.45. The number of carbonyl (C=O) groups is 2. The van der Waals surface area contributed by atoms with Gasteiger partial charge in [-0.1, -0.05) is 327 Å². The Kier molecular flexibility index (Phi) is 65.4. The molecular weight excluding hydrogens is 947 g/mol. The Balaban J connectivity index is 3.40. The van der Waals surface area contributed by atoms with Gasteiger partial charge in [-0.05, 0) is 77.0 Å². The molecule has 0 aliphatic rings. The lowest BCUT2D eigenvalue weighted by molar-refractivity contribution is -0.143. The Hall–Kier alpha value is -1.66. The van der Waals surface area contributed by atoms with Gasteiger partial charge in [0.2, 0.25) is 5.91 Å². The molecule has 0 aliphatic heterocycles. The van der Waals surface area contributed by atoms with E-state index < -0.39 is 12.1 Å². The summed E-state index contributed by atoms with van der Waals surface area (Å²) in [6, 6.07) is -0.547. The van der Waals surface area contributed by atoms with Crippen LogP contribution in [0.3, 0.4) is 0 Å². The predicted molar refractivity (Wildman–Crippen MR) is 338 cm³/mol. The molecule has 0 heterocycles. The minimum absolute atomic E-state index is 0.00802. The zero-order chi connectivity index (χ0) is 55.7. The summed E-state index contributed by atoms with van der Waals surface area (Å²) in [5, 5.41) is 23.4. The average molecular weight is 1080 g/mol. The highest BCUT2D eigenvalue weighted by Gasteiger charge is 2.20. The molecule has 0 aromatic rings. The zero-order valence-electron chi connectivity index (χ0n) is 52.2. The lowest BCUT2D eigenvalue weighted by Gasteiger charge is -2.22. The predicted octanol–water partition coefficient (Wildman–Crippen LogP) is 22.5. The number of unbranched alkanes of at least 4 members (excludes halogenated alkanes) is 51. The Labute approximate surface area is 481 Å². The van der Waals surface area contributed by atoms with E-state index in [-0.39, 0.29) is 18.5 Å². The van der Waals surface area contributed by atoms with E-state index in [1.807, 2.05) is 0 Å². The second-order valence-corrected chi connectivity index (χ2v) is 24.2. The summed E-state index contributed by atoms with van der Waals surface area (Å²) in [7, 11) is 0. The Bertz CT molecular complexity index is 1200. The van der Waals surface area contributed by atoms with Gasteiger partial charge < -0.3 is 20.3 Å². The van der Waals surface area contributed by atoms with Gasteiger partial charge in [-0.2, -0.15) is 0 Å². The second-order valence-electron chi connectivity index (χ2n) is 24.2. The quantitative estimate of drug-likeness (QED) is 0.0320. The topological polar surface area (TPSA) is 95.9 Å². The molecular formula is C71H137NO5. The minimum atomic E-state index is -0.670. The van der Waals surface area contributed by atoms with Gasteiger partial charge in [-0.3, -0.25) is 9.59 Å². The van der Waals surface area contributed by atoms with Gasteiger partial charge in [0.1, 0.15) is 0 Å². The van der Waals surface area contributed by atoms with E-state index >= 15 is 0 Å². The molecule has 2 atom stereocenters. The number of allylic oxidation sites excluding steroid dienone is 4. The molecule has 0 radical (unpaired) electrons. The third-order valence-electron chi connectivity index (χ3n) is 16.5. The number of hydrogen-bond donors (Lipinski definition) is 3. The van der Waals surface area contributed by atoms with E-state index in [1.165, 1.54) is 315 Å². The number of esters is 1. The number of aliphatic hydroxyl groups is 2. The van der Waals surface area contributed by atoms with Crippen molar-refractivity contribution in [3.63, 3.8) is 0 Å². The molecule has 0 saturated heterocycles. The summed E-state index contributed by atoms with van der Waals surface area (Å²) in [4.78, 5) is 24.6. The fourth-order valence-electron chi connectivity index (χ4n) is 11.1. The first-order chi connectivity index (χ1) is 38.0. The van der Waals surface area contributed by atoms with Crippen LogP contribution in [0.2, 0.25) is 0 Å². The van der Waals surface area contributed by atoms with Gasteiger partial charge in [0.05, 0.1) is 25.4 Å². The van der Waals surface area contributed by atoms with Crippen molar-refractivity contribution in [3.05, 3.63) is 24.3 Å². The van der Waals surface area contributed by atoms with E-state index in [0.717, 1.165) is 44.9 Å². The summed E-state index contributed by atoms with van der Waals surface area (Å²) in [6.07, 6.45) is 83.6. The molecule has 0 saturated carbocycles. The molecule has 6 heteroatoms. The summed E-state index contributed by atoms with van der Waals surface area (Å²) < 4.78 is 5.50. The molecule has 2 unspecified atom stereocenters. The largest absolute Gasteiger partial charge is 0.466 e.